The van der Waals surface area contributed by atoms with E-state index < -0.39 is 17.3 Å². The second-order valence-corrected chi connectivity index (χ2v) is 3.66. The Morgan fingerprint density at radius 1 is 1.42 bits per heavy atom. The molecule has 0 aliphatic carbocycles. The lowest BCUT2D eigenvalue weighted by atomic mass is 10.5. The van der Waals surface area contributed by atoms with E-state index in [0.717, 1.165) is 0 Å². The molecule has 0 spiro atoms. The SMILES string of the molecule is CC(O)CO.COC.C[S+](C)[O-]. The van der Waals surface area contributed by atoms with Crippen LogP contribution in [-0.4, -0.2) is 54.2 Å². The molecule has 0 saturated carbocycles. The highest BCUT2D eigenvalue weighted by Crippen LogP contribution is 1.68. The quantitative estimate of drug-likeness (QED) is 0.566. The summed E-state index contributed by atoms with van der Waals surface area (Å²) in [6.45, 7) is 1.39. The van der Waals surface area contributed by atoms with Crippen molar-refractivity contribution in [2.24, 2.45) is 0 Å². The topological polar surface area (TPSA) is 72.8 Å². The summed E-state index contributed by atoms with van der Waals surface area (Å²) in [5, 5.41) is 16.0. The molecule has 0 aromatic heterocycles. The number of ether oxygens (including phenoxy) is 1. The van der Waals surface area contributed by atoms with Crippen LogP contribution < -0.4 is 0 Å². The lowest BCUT2D eigenvalue weighted by Crippen LogP contribution is -2.03. The Bertz CT molecular complexity index is 56.6. The number of methoxy groups -OCH3 is 1. The fourth-order valence-corrected chi connectivity index (χ4v) is 0. The normalized spacial score (nSPS) is 10.8. The minimum atomic E-state index is -0.611. The number of hydrogen-bond donors (Lipinski definition) is 2. The van der Waals surface area contributed by atoms with Crippen molar-refractivity contribution in [3.05, 3.63) is 0 Å². The summed E-state index contributed by atoms with van der Waals surface area (Å²) in [7, 11) is 3.25. The zero-order chi connectivity index (χ0) is 10.6. The Morgan fingerprint density at radius 3 is 1.50 bits per heavy atom. The van der Waals surface area contributed by atoms with Crippen LogP contribution in [0.2, 0.25) is 0 Å². The van der Waals surface area contributed by atoms with Gasteiger partial charge in [-0.05, 0) is 6.92 Å². The van der Waals surface area contributed by atoms with Gasteiger partial charge in [0.05, 0.1) is 25.2 Å². The molecule has 12 heavy (non-hydrogen) atoms. The molecule has 0 saturated heterocycles. The molecule has 0 radical (unpaired) electrons. The number of rotatable bonds is 1. The smallest absolute Gasteiger partial charge is 0.0946 e. The largest absolute Gasteiger partial charge is 0.617 e. The zero-order valence-electron chi connectivity index (χ0n) is 8.40. The van der Waals surface area contributed by atoms with E-state index in [2.05, 4.69) is 4.74 Å². The average molecular weight is 200 g/mol. The molecular formula is C7H20O4S. The molecule has 0 bridgehead atoms. The summed E-state index contributed by atoms with van der Waals surface area (Å²) in [4.78, 5) is 0. The fourth-order valence-electron chi connectivity index (χ4n) is 0. The van der Waals surface area contributed by atoms with Crippen LogP contribution in [0.3, 0.4) is 0 Å². The lowest BCUT2D eigenvalue weighted by molar-refractivity contribution is 0.110. The predicted octanol–water partition coefficient (Wildman–Crippen LogP) is -0.383. The van der Waals surface area contributed by atoms with E-state index in [1.165, 1.54) is 6.92 Å². The molecule has 1 atom stereocenters. The van der Waals surface area contributed by atoms with Crippen LogP contribution in [0, 0.1) is 0 Å². The van der Waals surface area contributed by atoms with Crippen molar-refractivity contribution < 1.29 is 19.5 Å². The second-order valence-electron chi connectivity index (χ2n) is 2.18. The van der Waals surface area contributed by atoms with Gasteiger partial charge in [-0.15, -0.1) is 0 Å². The lowest BCUT2D eigenvalue weighted by Gasteiger charge is -1.90. The van der Waals surface area contributed by atoms with Gasteiger partial charge in [-0.25, -0.2) is 0 Å². The summed E-state index contributed by atoms with van der Waals surface area (Å²) >= 11 is -0.611. The fraction of sp³-hybridized carbons (Fsp3) is 1.00. The Kier molecular flexibility index (Phi) is 26.1. The van der Waals surface area contributed by atoms with Crippen molar-refractivity contribution in [3.8, 4) is 0 Å². The van der Waals surface area contributed by atoms with Crippen LogP contribution in [0.4, 0.5) is 0 Å². The predicted molar refractivity (Wildman–Crippen MR) is 51.7 cm³/mol. The zero-order valence-corrected chi connectivity index (χ0v) is 9.22. The number of aliphatic hydroxyl groups excluding tert-OH is 2. The van der Waals surface area contributed by atoms with Crippen LogP contribution in [0.25, 0.3) is 0 Å². The minimum absolute atomic E-state index is 0.139. The molecule has 78 valence electrons. The van der Waals surface area contributed by atoms with Crippen molar-refractivity contribution in [1.82, 2.24) is 0 Å². The molecule has 0 aliphatic heterocycles. The van der Waals surface area contributed by atoms with E-state index in [4.69, 9.17) is 10.2 Å². The maximum atomic E-state index is 9.56. The van der Waals surface area contributed by atoms with E-state index in [1.54, 1.807) is 26.7 Å². The van der Waals surface area contributed by atoms with Crippen molar-refractivity contribution in [3.63, 3.8) is 0 Å². The van der Waals surface area contributed by atoms with Gasteiger partial charge >= 0.3 is 0 Å². The molecular weight excluding hydrogens is 180 g/mol. The van der Waals surface area contributed by atoms with Gasteiger partial charge < -0.3 is 19.5 Å². The van der Waals surface area contributed by atoms with Gasteiger partial charge in [-0.3, -0.25) is 0 Å². The third-order valence-corrected chi connectivity index (χ3v) is 0.264. The molecule has 5 heteroatoms. The highest BCUT2D eigenvalue weighted by Gasteiger charge is 1.83. The highest BCUT2D eigenvalue weighted by atomic mass is 32.2. The van der Waals surface area contributed by atoms with Crippen LogP contribution in [0.5, 0.6) is 0 Å². The summed E-state index contributed by atoms with van der Waals surface area (Å²) in [5.74, 6) is 0. The van der Waals surface area contributed by atoms with Gasteiger partial charge in [-0.1, -0.05) is 11.2 Å². The second kappa shape index (κ2) is 17.3. The van der Waals surface area contributed by atoms with Gasteiger partial charge in [0, 0.05) is 14.2 Å². The Hall–Kier alpha value is 0.190. The van der Waals surface area contributed by atoms with E-state index >= 15 is 0 Å². The Labute approximate surface area is 77.7 Å². The third-order valence-electron chi connectivity index (χ3n) is 0.264. The standard InChI is InChI=1S/C3H8O2.C2H6OS.C2H6O/c1-3(5)2-4;1-4(2)3;1-3-2/h3-5H,2H2,1H3;1-2H3;1-2H3. The molecule has 0 aromatic rings. The monoisotopic (exact) mass is 200 g/mol. The highest BCUT2D eigenvalue weighted by molar-refractivity contribution is 7.89. The maximum absolute atomic E-state index is 9.56. The van der Waals surface area contributed by atoms with E-state index in [1.807, 2.05) is 0 Å². The maximum Gasteiger partial charge on any atom is 0.0946 e. The van der Waals surface area contributed by atoms with Crippen molar-refractivity contribution >= 4 is 11.2 Å². The van der Waals surface area contributed by atoms with Gasteiger partial charge in [0.2, 0.25) is 0 Å². The molecule has 0 aromatic carbocycles. The minimum Gasteiger partial charge on any atom is -0.617 e. The van der Waals surface area contributed by atoms with Crippen LogP contribution >= 0.6 is 0 Å². The van der Waals surface area contributed by atoms with Gasteiger partial charge in [0.15, 0.2) is 0 Å². The van der Waals surface area contributed by atoms with Crippen molar-refractivity contribution in [2.75, 3.05) is 33.3 Å². The summed E-state index contributed by atoms with van der Waals surface area (Å²) < 4.78 is 13.8. The Morgan fingerprint density at radius 2 is 1.50 bits per heavy atom. The molecule has 0 heterocycles. The number of aliphatic hydroxyl groups is 2. The van der Waals surface area contributed by atoms with Crippen LogP contribution in [0.15, 0.2) is 0 Å². The van der Waals surface area contributed by atoms with Crippen molar-refractivity contribution in [1.29, 1.82) is 0 Å². The molecule has 0 rings (SSSR count). The third kappa shape index (κ3) is 179. The van der Waals surface area contributed by atoms with Crippen molar-refractivity contribution in [2.45, 2.75) is 13.0 Å². The summed E-state index contributed by atoms with van der Waals surface area (Å²) in [5.41, 5.74) is 0. The number of hydrogen-bond acceptors (Lipinski definition) is 4. The first-order chi connectivity index (χ1) is 5.42. The molecule has 1 unspecified atom stereocenters. The Balaban J connectivity index is -0.000000105. The first-order valence-corrected chi connectivity index (χ1v) is 5.33. The first kappa shape index (κ1) is 18.1. The summed E-state index contributed by atoms with van der Waals surface area (Å²) in [6.07, 6.45) is 2.72. The van der Waals surface area contributed by atoms with Crippen LogP contribution in [0.1, 0.15) is 6.92 Å². The summed E-state index contributed by atoms with van der Waals surface area (Å²) in [6, 6.07) is 0. The van der Waals surface area contributed by atoms with E-state index in [9.17, 15) is 4.55 Å². The molecule has 4 nitrogen and oxygen atoms in total. The average Bonchev–Trinajstić information content (AvgIpc) is 1.88. The van der Waals surface area contributed by atoms with E-state index in [0.29, 0.717) is 0 Å². The molecule has 0 aliphatic rings. The van der Waals surface area contributed by atoms with Gasteiger partial charge in [0.1, 0.15) is 0 Å². The molecule has 2 N–H and O–H groups in total. The molecule has 0 amide bonds. The first-order valence-electron chi connectivity index (χ1n) is 3.36. The van der Waals surface area contributed by atoms with Gasteiger partial charge in [-0.2, -0.15) is 0 Å². The molecule has 0 fully saturated rings. The van der Waals surface area contributed by atoms with E-state index in [-0.39, 0.29) is 6.61 Å². The van der Waals surface area contributed by atoms with Crippen LogP contribution in [-0.2, 0) is 15.9 Å². The van der Waals surface area contributed by atoms with Gasteiger partial charge in [0.25, 0.3) is 0 Å².